The molecule has 0 spiro atoms. The van der Waals surface area contributed by atoms with Crippen molar-refractivity contribution >= 4 is 45.0 Å². The van der Waals surface area contributed by atoms with Crippen LogP contribution in [0.2, 0.25) is 5.02 Å². The van der Waals surface area contributed by atoms with Gasteiger partial charge in [0.2, 0.25) is 0 Å². The first kappa shape index (κ1) is 26.7. The molecule has 2 aliphatic heterocycles. The number of nitrogens with one attached hydrogen (secondary N) is 1. The van der Waals surface area contributed by atoms with E-state index in [0.717, 1.165) is 29.5 Å². The largest absolute Gasteiger partial charge is 0.381 e. The van der Waals surface area contributed by atoms with Crippen LogP contribution in [0.1, 0.15) is 44.0 Å². The van der Waals surface area contributed by atoms with Crippen molar-refractivity contribution in [3.05, 3.63) is 96.5 Å². The second-order valence-electron chi connectivity index (χ2n) is 10.1. The molecule has 2 aliphatic rings. The van der Waals surface area contributed by atoms with Crippen LogP contribution in [0.5, 0.6) is 0 Å². The van der Waals surface area contributed by atoms with Gasteiger partial charge in [0, 0.05) is 53.5 Å². The number of ether oxygens (including phenoxy) is 1. The van der Waals surface area contributed by atoms with E-state index in [4.69, 9.17) is 21.4 Å². The molecular formula is C29H27BrClN5O4. The maximum Gasteiger partial charge on any atom is 0.261 e. The lowest BCUT2D eigenvalue weighted by Gasteiger charge is -2.30. The molecule has 9 nitrogen and oxygen atoms in total. The fourth-order valence-electron chi connectivity index (χ4n) is 5.54. The summed E-state index contributed by atoms with van der Waals surface area (Å²) in [6, 6.07) is 12.1. The van der Waals surface area contributed by atoms with Crippen LogP contribution < -0.4 is 10.9 Å². The standard InChI is InChI=1S/C29H27BrClN5O4/c1-32-26(37)18-2-5-21(6-3-18)35-27-20(12-17-9-11-40-16-17)14-33-36(27)25-15-34(10-8-22(25)29(35)39)28(38)19-4-7-23(30)24(31)13-19/h2-7,13-14,17H,8-12,15-16H2,1H3,(H,32,37). The highest BCUT2D eigenvalue weighted by molar-refractivity contribution is 9.10. The SMILES string of the molecule is CNC(=O)c1ccc(-n2c(=O)c3c(n4ncc(CC5CCOC5)c24)CN(C(=O)c2ccc(Br)c(Cl)c2)CC3)cc1. The molecule has 2 aromatic carbocycles. The van der Waals surface area contributed by atoms with Gasteiger partial charge in [0.05, 0.1) is 29.1 Å². The lowest BCUT2D eigenvalue weighted by Crippen LogP contribution is -2.41. The molecule has 1 unspecified atom stereocenters. The molecule has 2 aromatic heterocycles. The molecule has 6 rings (SSSR count). The minimum atomic E-state index is -0.197. The maximum atomic E-state index is 14.1. The van der Waals surface area contributed by atoms with Crippen LogP contribution in [0.15, 0.2) is 57.9 Å². The first-order chi connectivity index (χ1) is 19.4. The average molecular weight is 625 g/mol. The number of carbonyl (C=O) groups is 2. The zero-order chi connectivity index (χ0) is 28.0. The fourth-order valence-corrected chi connectivity index (χ4v) is 5.97. The van der Waals surface area contributed by atoms with Gasteiger partial charge in [-0.3, -0.25) is 19.0 Å². The highest BCUT2D eigenvalue weighted by atomic mass is 79.9. The van der Waals surface area contributed by atoms with E-state index in [1.165, 1.54) is 0 Å². The molecule has 0 saturated carbocycles. The second kappa shape index (κ2) is 10.8. The van der Waals surface area contributed by atoms with Crippen LogP contribution in [0.4, 0.5) is 0 Å². The molecular weight excluding hydrogens is 598 g/mol. The molecule has 2 amide bonds. The summed E-state index contributed by atoms with van der Waals surface area (Å²) in [7, 11) is 1.58. The number of carbonyl (C=O) groups excluding carboxylic acids is 2. The highest BCUT2D eigenvalue weighted by Crippen LogP contribution is 2.28. The van der Waals surface area contributed by atoms with Crippen LogP contribution in [-0.2, 0) is 24.1 Å². The fraction of sp³-hybridized carbons (Fsp3) is 0.310. The predicted octanol–water partition coefficient (Wildman–Crippen LogP) is 4.04. The quantitative estimate of drug-likeness (QED) is 0.362. The van der Waals surface area contributed by atoms with Gasteiger partial charge in [-0.15, -0.1) is 0 Å². The Morgan fingerprint density at radius 1 is 1.18 bits per heavy atom. The Balaban J connectivity index is 1.46. The number of nitrogens with zero attached hydrogens (tertiary/aromatic N) is 4. The third-order valence-corrected chi connectivity index (χ3v) is 8.90. The summed E-state index contributed by atoms with van der Waals surface area (Å²) in [5.74, 6) is -0.0151. The van der Waals surface area contributed by atoms with Gasteiger partial charge < -0.3 is 15.0 Å². The average Bonchev–Trinajstić information content (AvgIpc) is 3.65. The van der Waals surface area contributed by atoms with Crippen LogP contribution in [0.25, 0.3) is 11.3 Å². The van der Waals surface area contributed by atoms with Crippen molar-refractivity contribution in [1.29, 1.82) is 0 Å². The molecule has 1 N–H and O–H groups in total. The Kier molecular flexibility index (Phi) is 7.24. The van der Waals surface area contributed by atoms with Gasteiger partial charge in [0.15, 0.2) is 0 Å². The van der Waals surface area contributed by atoms with E-state index >= 15 is 0 Å². The minimum Gasteiger partial charge on any atom is -0.381 e. The lowest BCUT2D eigenvalue weighted by molar-refractivity contribution is 0.0729. The zero-order valence-electron chi connectivity index (χ0n) is 21.8. The Morgan fingerprint density at radius 3 is 2.65 bits per heavy atom. The van der Waals surface area contributed by atoms with E-state index in [2.05, 4.69) is 21.2 Å². The molecule has 40 heavy (non-hydrogen) atoms. The van der Waals surface area contributed by atoms with Crippen molar-refractivity contribution in [2.75, 3.05) is 26.8 Å². The van der Waals surface area contributed by atoms with Gasteiger partial charge in [-0.1, -0.05) is 11.6 Å². The topological polar surface area (TPSA) is 97.9 Å². The Morgan fingerprint density at radius 2 is 1.95 bits per heavy atom. The Bertz CT molecular complexity index is 1690. The van der Waals surface area contributed by atoms with Gasteiger partial charge in [-0.2, -0.15) is 5.10 Å². The number of aromatic nitrogens is 3. The summed E-state index contributed by atoms with van der Waals surface area (Å²) in [4.78, 5) is 41.4. The Labute approximate surface area is 243 Å². The number of benzene rings is 2. The number of hydrogen-bond acceptors (Lipinski definition) is 5. The number of rotatable bonds is 5. The van der Waals surface area contributed by atoms with Crippen LogP contribution in [-0.4, -0.2) is 57.7 Å². The minimum absolute atomic E-state index is 0.140. The summed E-state index contributed by atoms with van der Waals surface area (Å²) < 4.78 is 9.82. The molecule has 1 saturated heterocycles. The normalized spacial score (nSPS) is 16.8. The van der Waals surface area contributed by atoms with Crippen LogP contribution in [0, 0.1) is 5.92 Å². The molecule has 206 valence electrons. The number of hydrogen-bond donors (Lipinski definition) is 1. The van der Waals surface area contributed by atoms with Crippen molar-refractivity contribution in [2.24, 2.45) is 5.92 Å². The Hall–Kier alpha value is -3.47. The first-order valence-corrected chi connectivity index (χ1v) is 14.3. The first-order valence-electron chi connectivity index (χ1n) is 13.1. The molecule has 0 radical (unpaired) electrons. The van der Waals surface area contributed by atoms with E-state index in [-0.39, 0.29) is 23.9 Å². The molecule has 1 atom stereocenters. The van der Waals surface area contributed by atoms with Crippen molar-refractivity contribution in [3.8, 4) is 5.69 Å². The number of amides is 2. The van der Waals surface area contributed by atoms with E-state index in [0.29, 0.717) is 64.2 Å². The van der Waals surface area contributed by atoms with Gasteiger partial charge in [-0.25, -0.2) is 4.52 Å². The van der Waals surface area contributed by atoms with Crippen LogP contribution in [0.3, 0.4) is 0 Å². The monoisotopic (exact) mass is 623 g/mol. The van der Waals surface area contributed by atoms with E-state index in [1.54, 1.807) is 59.0 Å². The van der Waals surface area contributed by atoms with E-state index in [9.17, 15) is 14.4 Å². The summed E-state index contributed by atoms with van der Waals surface area (Å²) in [6.45, 7) is 2.04. The van der Waals surface area contributed by atoms with E-state index in [1.807, 2.05) is 10.7 Å². The molecule has 11 heteroatoms. The lowest BCUT2D eigenvalue weighted by atomic mass is 10.00. The number of halogens is 2. The molecule has 0 aliphatic carbocycles. The van der Waals surface area contributed by atoms with Gasteiger partial charge >= 0.3 is 0 Å². The summed E-state index contributed by atoms with van der Waals surface area (Å²) >= 11 is 9.63. The summed E-state index contributed by atoms with van der Waals surface area (Å²) in [5.41, 5.74) is 4.44. The molecule has 1 fully saturated rings. The van der Waals surface area contributed by atoms with Crippen molar-refractivity contribution in [1.82, 2.24) is 24.4 Å². The van der Waals surface area contributed by atoms with Gasteiger partial charge in [0.25, 0.3) is 17.4 Å². The van der Waals surface area contributed by atoms with Crippen LogP contribution >= 0.6 is 27.5 Å². The zero-order valence-corrected chi connectivity index (χ0v) is 24.2. The van der Waals surface area contributed by atoms with Crippen molar-refractivity contribution in [3.63, 3.8) is 0 Å². The van der Waals surface area contributed by atoms with Crippen molar-refractivity contribution in [2.45, 2.75) is 25.8 Å². The summed E-state index contributed by atoms with van der Waals surface area (Å²) in [5, 5.41) is 7.82. The molecule has 4 aromatic rings. The molecule has 4 heterocycles. The summed E-state index contributed by atoms with van der Waals surface area (Å²) in [6.07, 6.45) is 3.88. The number of fused-ring (bicyclic) bond motifs is 3. The smallest absolute Gasteiger partial charge is 0.261 e. The highest BCUT2D eigenvalue weighted by Gasteiger charge is 2.30. The second-order valence-corrected chi connectivity index (χ2v) is 11.4. The van der Waals surface area contributed by atoms with Crippen molar-refractivity contribution < 1.29 is 14.3 Å². The third kappa shape index (κ3) is 4.74. The molecule has 0 bridgehead atoms. The van der Waals surface area contributed by atoms with Gasteiger partial charge in [0.1, 0.15) is 5.65 Å². The predicted molar refractivity (Wildman–Crippen MR) is 154 cm³/mol. The van der Waals surface area contributed by atoms with Gasteiger partial charge in [-0.05, 0) is 83.6 Å². The van der Waals surface area contributed by atoms with E-state index < -0.39 is 0 Å². The maximum absolute atomic E-state index is 14.1. The third-order valence-electron chi connectivity index (χ3n) is 7.67.